The summed E-state index contributed by atoms with van der Waals surface area (Å²) in [4.78, 5) is 22.3. The van der Waals surface area contributed by atoms with Crippen molar-refractivity contribution in [2.45, 2.75) is 27.7 Å². The summed E-state index contributed by atoms with van der Waals surface area (Å²) in [6.45, 7) is 7.34. The molecule has 0 aromatic heterocycles. The third-order valence-electron chi connectivity index (χ3n) is 4.71. The second-order valence-corrected chi connectivity index (χ2v) is 5.11. The molecule has 2 atom stereocenters. The number of carboxylic acids is 1. The average molecular weight is 226 g/mol. The largest absolute Gasteiger partial charge is 0.481 e. The molecule has 16 heavy (non-hydrogen) atoms. The summed E-state index contributed by atoms with van der Waals surface area (Å²) in [7, 11) is 1.30. The number of allylic oxidation sites excluding steroid dienone is 1. The number of carbonyl (C=O) groups excluding carboxylic acids is 1. The second kappa shape index (κ2) is 3.34. The Morgan fingerprint density at radius 1 is 1.19 bits per heavy atom. The van der Waals surface area contributed by atoms with Crippen LogP contribution in [0.15, 0.2) is 12.2 Å². The first-order chi connectivity index (χ1) is 7.15. The van der Waals surface area contributed by atoms with E-state index in [1.54, 1.807) is 13.0 Å². The maximum atomic E-state index is 11.3. The molecule has 4 nitrogen and oxygen atoms in total. The van der Waals surface area contributed by atoms with Crippen LogP contribution in [0, 0.1) is 16.2 Å². The number of hydrogen-bond donors (Lipinski definition) is 1. The number of ether oxygens (including phenoxy) is 1. The van der Waals surface area contributed by atoms with Gasteiger partial charge >= 0.3 is 11.9 Å². The van der Waals surface area contributed by atoms with Gasteiger partial charge in [-0.25, -0.2) is 4.79 Å². The number of aliphatic carboxylic acids is 1. The van der Waals surface area contributed by atoms with Crippen LogP contribution < -0.4 is 0 Å². The fourth-order valence-corrected chi connectivity index (χ4v) is 2.55. The smallest absolute Gasteiger partial charge is 0.330 e. The van der Waals surface area contributed by atoms with Crippen LogP contribution in [0.3, 0.4) is 0 Å². The van der Waals surface area contributed by atoms with Crippen LogP contribution in [0.1, 0.15) is 27.7 Å². The average Bonchev–Trinajstić information content (AvgIpc) is 2.56. The van der Waals surface area contributed by atoms with Gasteiger partial charge in [0.25, 0.3) is 0 Å². The Labute approximate surface area is 95.3 Å². The number of rotatable bonds is 3. The van der Waals surface area contributed by atoms with Gasteiger partial charge in [-0.2, -0.15) is 0 Å². The highest BCUT2D eigenvalue weighted by molar-refractivity contribution is 5.85. The normalized spacial score (nSPS) is 36.1. The quantitative estimate of drug-likeness (QED) is 0.589. The molecule has 0 saturated heterocycles. The Balaban J connectivity index is 3.02. The third-order valence-corrected chi connectivity index (χ3v) is 4.71. The van der Waals surface area contributed by atoms with Crippen molar-refractivity contribution in [2.24, 2.45) is 16.2 Å². The maximum absolute atomic E-state index is 11.3. The molecule has 0 amide bonds. The van der Waals surface area contributed by atoms with E-state index in [-0.39, 0.29) is 5.41 Å². The maximum Gasteiger partial charge on any atom is 0.330 e. The number of carbonyl (C=O) groups is 2. The van der Waals surface area contributed by atoms with Crippen molar-refractivity contribution in [3.63, 3.8) is 0 Å². The molecule has 1 rings (SSSR count). The van der Waals surface area contributed by atoms with Crippen LogP contribution in [0.5, 0.6) is 0 Å². The Bertz CT molecular complexity index is 369. The molecular formula is C12H18O4. The standard InChI is InChI=1S/C12H18O4/c1-10(2)11(3,7-6-8(13)16-5)12(10,4)9(14)15/h6-7H,1-5H3,(H,14,15). The summed E-state index contributed by atoms with van der Waals surface area (Å²) >= 11 is 0. The molecular weight excluding hydrogens is 208 g/mol. The van der Waals surface area contributed by atoms with Crippen LogP contribution in [0.2, 0.25) is 0 Å². The zero-order chi connectivity index (χ0) is 12.8. The summed E-state index contributed by atoms with van der Waals surface area (Å²) in [5, 5.41) is 9.26. The van der Waals surface area contributed by atoms with Gasteiger partial charge in [-0.15, -0.1) is 0 Å². The molecule has 0 radical (unpaired) electrons. The van der Waals surface area contributed by atoms with Crippen molar-refractivity contribution in [3.8, 4) is 0 Å². The van der Waals surface area contributed by atoms with E-state index in [1.807, 2.05) is 20.8 Å². The Morgan fingerprint density at radius 3 is 2.00 bits per heavy atom. The molecule has 0 spiro atoms. The summed E-state index contributed by atoms with van der Waals surface area (Å²) < 4.78 is 4.50. The molecule has 1 fully saturated rings. The minimum atomic E-state index is -0.843. The Morgan fingerprint density at radius 2 is 1.69 bits per heavy atom. The van der Waals surface area contributed by atoms with E-state index in [2.05, 4.69) is 4.74 Å². The monoisotopic (exact) mass is 226 g/mol. The molecule has 1 saturated carbocycles. The van der Waals surface area contributed by atoms with Crippen LogP contribution >= 0.6 is 0 Å². The number of methoxy groups -OCH3 is 1. The van der Waals surface area contributed by atoms with Gasteiger partial charge in [-0.1, -0.05) is 26.8 Å². The summed E-state index contributed by atoms with van der Waals surface area (Å²) in [5.74, 6) is -1.30. The van der Waals surface area contributed by atoms with E-state index >= 15 is 0 Å². The molecule has 4 heteroatoms. The topological polar surface area (TPSA) is 63.6 Å². The highest BCUT2D eigenvalue weighted by atomic mass is 16.5. The summed E-state index contributed by atoms with van der Waals surface area (Å²) in [5.41, 5.74) is -1.75. The summed E-state index contributed by atoms with van der Waals surface area (Å²) in [6.07, 6.45) is 2.95. The first kappa shape index (κ1) is 12.7. The van der Waals surface area contributed by atoms with Gasteiger partial charge in [0.15, 0.2) is 0 Å². The first-order valence-corrected chi connectivity index (χ1v) is 5.15. The fraction of sp³-hybridized carbons (Fsp3) is 0.667. The Hall–Kier alpha value is -1.32. The van der Waals surface area contributed by atoms with E-state index in [4.69, 9.17) is 0 Å². The van der Waals surface area contributed by atoms with E-state index in [0.717, 1.165) is 0 Å². The predicted octanol–water partition coefficient (Wildman–Crippen LogP) is 1.85. The van der Waals surface area contributed by atoms with Gasteiger partial charge in [0.2, 0.25) is 0 Å². The van der Waals surface area contributed by atoms with Gasteiger partial charge in [-0.3, -0.25) is 4.79 Å². The van der Waals surface area contributed by atoms with E-state index < -0.39 is 22.8 Å². The van der Waals surface area contributed by atoms with Gasteiger partial charge in [-0.05, 0) is 12.3 Å². The molecule has 1 aliphatic carbocycles. The van der Waals surface area contributed by atoms with Crippen molar-refractivity contribution in [1.82, 2.24) is 0 Å². The lowest BCUT2D eigenvalue weighted by molar-refractivity contribution is -0.144. The van der Waals surface area contributed by atoms with Crippen LogP contribution in [-0.2, 0) is 14.3 Å². The lowest BCUT2D eigenvalue weighted by Crippen LogP contribution is -2.18. The third kappa shape index (κ3) is 1.22. The lowest BCUT2D eigenvalue weighted by Gasteiger charge is -2.08. The lowest BCUT2D eigenvalue weighted by atomic mass is 9.96. The second-order valence-electron chi connectivity index (χ2n) is 5.11. The van der Waals surface area contributed by atoms with Crippen LogP contribution in [-0.4, -0.2) is 24.2 Å². The highest BCUT2D eigenvalue weighted by Crippen LogP contribution is 2.78. The van der Waals surface area contributed by atoms with Gasteiger partial charge in [0.1, 0.15) is 0 Å². The van der Waals surface area contributed by atoms with Gasteiger partial charge < -0.3 is 9.84 Å². The van der Waals surface area contributed by atoms with Crippen molar-refractivity contribution >= 4 is 11.9 Å². The predicted molar refractivity (Wildman–Crippen MR) is 58.8 cm³/mol. The molecule has 90 valence electrons. The van der Waals surface area contributed by atoms with Crippen LogP contribution in [0.4, 0.5) is 0 Å². The molecule has 0 aliphatic heterocycles. The van der Waals surface area contributed by atoms with E-state index in [0.29, 0.717) is 0 Å². The number of hydrogen-bond acceptors (Lipinski definition) is 3. The zero-order valence-electron chi connectivity index (χ0n) is 10.3. The van der Waals surface area contributed by atoms with E-state index in [9.17, 15) is 14.7 Å². The molecule has 0 aromatic carbocycles. The van der Waals surface area contributed by atoms with Crippen molar-refractivity contribution in [2.75, 3.05) is 7.11 Å². The highest BCUT2D eigenvalue weighted by Gasteiger charge is 2.80. The fourth-order valence-electron chi connectivity index (χ4n) is 2.55. The molecule has 1 N–H and O–H groups in total. The number of carboxylic acid groups (broad SMARTS) is 1. The van der Waals surface area contributed by atoms with Gasteiger partial charge in [0, 0.05) is 11.5 Å². The Kier molecular flexibility index (Phi) is 2.66. The van der Waals surface area contributed by atoms with Crippen molar-refractivity contribution in [1.29, 1.82) is 0 Å². The molecule has 1 aliphatic rings. The first-order valence-electron chi connectivity index (χ1n) is 5.15. The van der Waals surface area contributed by atoms with Crippen molar-refractivity contribution < 1.29 is 19.4 Å². The number of esters is 1. The van der Waals surface area contributed by atoms with Crippen molar-refractivity contribution in [3.05, 3.63) is 12.2 Å². The molecule has 0 aromatic rings. The minimum Gasteiger partial charge on any atom is -0.481 e. The van der Waals surface area contributed by atoms with Crippen LogP contribution in [0.25, 0.3) is 0 Å². The SMILES string of the molecule is COC(=O)C=CC1(C)C(C)(C)C1(C)C(=O)O. The summed E-state index contributed by atoms with van der Waals surface area (Å²) in [6, 6.07) is 0. The zero-order valence-corrected chi connectivity index (χ0v) is 10.3. The molecule has 0 bridgehead atoms. The molecule has 0 heterocycles. The van der Waals surface area contributed by atoms with E-state index in [1.165, 1.54) is 13.2 Å². The van der Waals surface area contributed by atoms with Gasteiger partial charge in [0.05, 0.1) is 12.5 Å². The molecule has 2 unspecified atom stereocenters. The minimum absolute atomic E-state index is 0.379.